The van der Waals surface area contributed by atoms with E-state index in [9.17, 15) is 4.79 Å². The van der Waals surface area contributed by atoms with Crippen LogP contribution in [0.1, 0.15) is 97.3 Å². The first-order chi connectivity index (χ1) is 11.7. The highest BCUT2D eigenvalue weighted by atomic mass is 16.5. The van der Waals surface area contributed by atoms with Crippen molar-refractivity contribution < 1.29 is 14.6 Å². The van der Waals surface area contributed by atoms with Crippen molar-refractivity contribution in [2.24, 2.45) is 5.92 Å². The number of carbonyl (C=O) groups is 1. The maximum absolute atomic E-state index is 11.5. The summed E-state index contributed by atoms with van der Waals surface area (Å²) in [6, 6.07) is 0. The average Bonchev–Trinajstić information content (AvgIpc) is 2.59. The van der Waals surface area contributed by atoms with E-state index >= 15 is 0 Å². The van der Waals surface area contributed by atoms with Crippen molar-refractivity contribution >= 4 is 5.97 Å². The second-order valence-electron chi connectivity index (χ2n) is 6.81. The third-order valence-corrected chi connectivity index (χ3v) is 4.39. The molecule has 0 amide bonds. The van der Waals surface area contributed by atoms with Gasteiger partial charge in [-0.2, -0.15) is 0 Å². The van der Waals surface area contributed by atoms with E-state index in [1.165, 1.54) is 70.6 Å². The van der Waals surface area contributed by atoms with Gasteiger partial charge in [0.1, 0.15) is 6.61 Å². The van der Waals surface area contributed by atoms with E-state index in [-0.39, 0.29) is 25.1 Å². The van der Waals surface area contributed by atoms with Gasteiger partial charge in [-0.05, 0) is 32.1 Å². The minimum absolute atomic E-state index is 0.0474. The van der Waals surface area contributed by atoms with Crippen molar-refractivity contribution in [3.05, 3.63) is 12.2 Å². The van der Waals surface area contributed by atoms with Crippen LogP contribution >= 0.6 is 0 Å². The summed E-state index contributed by atoms with van der Waals surface area (Å²) < 4.78 is 4.92. The van der Waals surface area contributed by atoms with Gasteiger partial charge in [0.2, 0.25) is 0 Å². The van der Waals surface area contributed by atoms with Gasteiger partial charge < -0.3 is 9.84 Å². The lowest BCUT2D eigenvalue weighted by Crippen LogP contribution is -2.16. The first-order valence-electron chi connectivity index (χ1n) is 10.1. The molecule has 0 aliphatic heterocycles. The second kappa shape index (κ2) is 18.5. The van der Waals surface area contributed by atoms with Gasteiger partial charge in [0, 0.05) is 0 Å². The highest BCUT2D eigenvalue weighted by Crippen LogP contribution is 2.13. The minimum Gasteiger partial charge on any atom is -0.463 e. The van der Waals surface area contributed by atoms with Crippen LogP contribution in [0, 0.1) is 5.92 Å². The molecule has 0 saturated heterocycles. The third kappa shape index (κ3) is 16.0. The SMILES string of the molecule is CCCCCCCC/C=C/CCCCCCC(C)C(=O)OCCO. The summed E-state index contributed by atoms with van der Waals surface area (Å²) in [5, 5.41) is 8.62. The molecule has 0 aliphatic carbocycles. The van der Waals surface area contributed by atoms with E-state index < -0.39 is 0 Å². The summed E-state index contributed by atoms with van der Waals surface area (Å²) in [4.78, 5) is 11.5. The minimum atomic E-state index is -0.179. The van der Waals surface area contributed by atoms with Crippen LogP contribution in [-0.2, 0) is 9.53 Å². The molecular weight excluding hydrogens is 300 g/mol. The predicted molar refractivity (Wildman–Crippen MR) is 102 cm³/mol. The Balaban J connectivity index is 3.29. The Labute approximate surface area is 149 Å². The number of unbranched alkanes of at least 4 members (excludes halogenated alkanes) is 10. The molecule has 0 bridgehead atoms. The number of rotatable bonds is 17. The second-order valence-corrected chi connectivity index (χ2v) is 6.81. The zero-order valence-corrected chi connectivity index (χ0v) is 16.1. The van der Waals surface area contributed by atoms with Crippen molar-refractivity contribution in [1.29, 1.82) is 0 Å². The van der Waals surface area contributed by atoms with Crippen LogP contribution in [0.2, 0.25) is 0 Å². The summed E-state index contributed by atoms with van der Waals surface area (Å²) >= 11 is 0. The van der Waals surface area contributed by atoms with Gasteiger partial charge in [-0.3, -0.25) is 4.79 Å². The lowest BCUT2D eigenvalue weighted by molar-refractivity contribution is -0.149. The smallest absolute Gasteiger partial charge is 0.308 e. The molecule has 0 radical (unpaired) electrons. The highest BCUT2D eigenvalue weighted by molar-refractivity contribution is 5.71. The Hall–Kier alpha value is -0.830. The van der Waals surface area contributed by atoms with Crippen molar-refractivity contribution in [2.45, 2.75) is 97.3 Å². The fraction of sp³-hybridized carbons (Fsp3) is 0.857. The molecule has 0 aromatic heterocycles. The molecule has 142 valence electrons. The molecule has 3 heteroatoms. The molecule has 3 nitrogen and oxygen atoms in total. The van der Waals surface area contributed by atoms with Crippen molar-refractivity contribution in [3.8, 4) is 0 Å². The lowest BCUT2D eigenvalue weighted by atomic mass is 10.0. The Morgan fingerprint density at radius 2 is 1.46 bits per heavy atom. The monoisotopic (exact) mass is 340 g/mol. The van der Waals surface area contributed by atoms with Crippen LogP contribution < -0.4 is 0 Å². The Kier molecular flexibility index (Phi) is 17.9. The molecular formula is C21H40O3. The van der Waals surface area contributed by atoms with Gasteiger partial charge >= 0.3 is 5.97 Å². The van der Waals surface area contributed by atoms with E-state index in [4.69, 9.17) is 9.84 Å². The molecule has 0 aromatic carbocycles. The van der Waals surface area contributed by atoms with Crippen LogP contribution in [0.4, 0.5) is 0 Å². The van der Waals surface area contributed by atoms with Gasteiger partial charge in [0.25, 0.3) is 0 Å². The summed E-state index contributed by atoms with van der Waals surface area (Å²) in [5.74, 6) is -0.226. The van der Waals surface area contributed by atoms with E-state index in [1.807, 2.05) is 6.92 Å². The summed E-state index contributed by atoms with van der Waals surface area (Å²) in [6.07, 6.45) is 21.0. The van der Waals surface area contributed by atoms with Crippen LogP contribution in [0.5, 0.6) is 0 Å². The average molecular weight is 341 g/mol. The number of hydrogen-bond donors (Lipinski definition) is 1. The fourth-order valence-corrected chi connectivity index (χ4v) is 2.75. The Morgan fingerprint density at radius 3 is 2.04 bits per heavy atom. The number of hydrogen-bond acceptors (Lipinski definition) is 3. The standard InChI is InChI=1S/C21H40O3/c1-3-4-5-6-7-8-9-10-11-12-13-14-15-16-17-20(2)21(23)24-19-18-22/h10-11,20,22H,3-9,12-19H2,1-2H3/b11-10+. The maximum Gasteiger partial charge on any atom is 0.308 e. The zero-order chi connectivity index (χ0) is 17.9. The number of esters is 1. The topological polar surface area (TPSA) is 46.5 Å². The quantitative estimate of drug-likeness (QED) is 0.207. The van der Waals surface area contributed by atoms with E-state index in [2.05, 4.69) is 19.1 Å². The molecule has 1 N–H and O–H groups in total. The summed E-state index contributed by atoms with van der Waals surface area (Å²) in [6.45, 7) is 4.19. The number of ether oxygens (including phenoxy) is 1. The molecule has 24 heavy (non-hydrogen) atoms. The number of aliphatic hydroxyl groups is 1. The predicted octanol–water partition coefficient (Wildman–Crippen LogP) is 5.81. The van der Waals surface area contributed by atoms with E-state index in [1.54, 1.807) is 0 Å². The Morgan fingerprint density at radius 1 is 0.917 bits per heavy atom. The van der Waals surface area contributed by atoms with Gasteiger partial charge in [0.05, 0.1) is 12.5 Å². The third-order valence-electron chi connectivity index (χ3n) is 4.39. The Bertz CT molecular complexity index is 299. The van der Waals surface area contributed by atoms with Crippen LogP contribution in [-0.4, -0.2) is 24.3 Å². The van der Waals surface area contributed by atoms with Crippen molar-refractivity contribution in [3.63, 3.8) is 0 Å². The van der Waals surface area contributed by atoms with Gasteiger partial charge in [-0.1, -0.05) is 77.4 Å². The molecule has 0 spiro atoms. The fourth-order valence-electron chi connectivity index (χ4n) is 2.75. The van der Waals surface area contributed by atoms with E-state index in [0.29, 0.717) is 0 Å². The van der Waals surface area contributed by atoms with Crippen LogP contribution in [0.3, 0.4) is 0 Å². The normalized spacial score (nSPS) is 12.6. The van der Waals surface area contributed by atoms with Crippen LogP contribution in [0.25, 0.3) is 0 Å². The maximum atomic E-state index is 11.5. The largest absolute Gasteiger partial charge is 0.463 e. The van der Waals surface area contributed by atoms with Gasteiger partial charge in [0.15, 0.2) is 0 Å². The zero-order valence-electron chi connectivity index (χ0n) is 16.1. The number of aliphatic hydroxyl groups excluding tert-OH is 1. The highest BCUT2D eigenvalue weighted by Gasteiger charge is 2.13. The van der Waals surface area contributed by atoms with Crippen molar-refractivity contribution in [1.82, 2.24) is 0 Å². The molecule has 0 fully saturated rings. The molecule has 0 aliphatic rings. The number of allylic oxidation sites excluding steroid dienone is 2. The van der Waals surface area contributed by atoms with Gasteiger partial charge in [-0.25, -0.2) is 0 Å². The molecule has 1 unspecified atom stereocenters. The van der Waals surface area contributed by atoms with E-state index in [0.717, 1.165) is 12.8 Å². The van der Waals surface area contributed by atoms with Crippen molar-refractivity contribution in [2.75, 3.05) is 13.2 Å². The molecule has 1 atom stereocenters. The van der Waals surface area contributed by atoms with Crippen LogP contribution in [0.15, 0.2) is 12.2 Å². The molecule has 0 saturated carbocycles. The molecule has 0 rings (SSSR count). The first-order valence-corrected chi connectivity index (χ1v) is 10.1. The molecule has 0 aromatic rings. The molecule has 0 heterocycles. The van der Waals surface area contributed by atoms with Gasteiger partial charge in [-0.15, -0.1) is 0 Å². The lowest BCUT2D eigenvalue weighted by Gasteiger charge is -2.10. The summed E-state index contributed by atoms with van der Waals surface area (Å²) in [5.41, 5.74) is 0. The first kappa shape index (κ1) is 23.2. The number of carbonyl (C=O) groups excluding carboxylic acids is 1. The summed E-state index contributed by atoms with van der Waals surface area (Å²) in [7, 11) is 0.